The van der Waals surface area contributed by atoms with Crippen molar-refractivity contribution in [1.29, 1.82) is 0 Å². The number of rotatable bonds is 4. The fraction of sp³-hybridized carbons (Fsp3) is 0.462. The predicted molar refractivity (Wildman–Crippen MR) is 78.3 cm³/mol. The molecule has 0 amide bonds. The van der Waals surface area contributed by atoms with Crippen LogP contribution in [0.5, 0.6) is 11.5 Å². The molecule has 0 aromatic heterocycles. The quantitative estimate of drug-likeness (QED) is 0.767. The zero-order valence-corrected chi connectivity index (χ0v) is 13.6. The molecular formula is C13H15BrO5S. The van der Waals surface area contributed by atoms with Gasteiger partial charge in [-0.1, -0.05) is 0 Å². The van der Waals surface area contributed by atoms with Crippen molar-refractivity contribution in [2.45, 2.75) is 6.42 Å². The number of methoxy groups -OCH3 is 2. The zero-order valence-electron chi connectivity index (χ0n) is 11.2. The number of carbonyl (C=O) groups excluding carboxylic acids is 1. The van der Waals surface area contributed by atoms with Crippen molar-refractivity contribution in [3.05, 3.63) is 22.2 Å². The van der Waals surface area contributed by atoms with Crippen molar-refractivity contribution >= 4 is 31.6 Å². The third-order valence-corrected chi connectivity index (χ3v) is 5.73. The van der Waals surface area contributed by atoms with Crippen molar-refractivity contribution in [3.8, 4) is 11.5 Å². The summed E-state index contributed by atoms with van der Waals surface area (Å²) < 4.78 is 34.0. The van der Waals surface area contributed by atoms with E-state index in [1.165, 1.54) is 14.2 Å². The maximum Gasteiger partial charge on any atom is 0.170 e. The molecule has 2 rings (SSSR count). The van der Waals surface area contributed by atoms with Gasteiger partial charge in [-0.05, 0) is 34.5 Å². The average molecular weight is 363 g/mol. The summed E-state index contributed by atoms with van der Waals surface area (Å²) in [7, 11) is -0.125. The molecular weight excluding hydrogens is 348 g/mol. The molecule has 0 spiro atoms. The Hall–Kier alpha value is -1.08. The molecule has 110 valence electrons. The summed E-state index contributed by atoms with van der Waals surface area (Å²) in [4.78, 5) is 12.5. The van der Waals surface area contributed by atoms with Gasteiger partial charge in [0.05, 0.1) is 35.8 Å². The topological polar surface area (TPSA) is 69.7 Å². The molecule has 0 aliphatic carbocycles. The highest BCUT2D eigenvalue weighted by Gasteiger charge is 2.34. The number of benzene rings is 1. The van der Waals surface area contributed by atoms with Gasteiger partial charge in [0, 0.05) is 5.92 Å². The lowest BCUT2D eigenvalue weighted by Gasteiger charge is -2.13. The Morgan fingerprint density at radius 3 is 2.40 bits per heavy atom. The molecule has 1 unspecified atom stereocenters. The van der Waals surface area contributed by atoms with Crippen LogP contribution in [-0.2, 0) is 9.84 Å². The number of carbonyl (C=O) groups is 1. The molecule has 1 aromatic carbocycles. The Balaban J connectivity index is 2.39. The Morgan fingerprint density at radius 1 is 1.25 bits per heavy atom. The molecule has 1 atom stereocenters. The average Bonchev–Trinajstić information content (AvgIpc) is 2.78. The third-order valence-electron chi connectivity index (χ3n) is 3.34. The molecule has 5 nitrogen and oxygen atoms in total. The molecule has 0 N–H and O–H groups in total. The SMILES string of the molecule is COc1cc(C(=O)C2CCS(=O)(=O)C2)c(OC)cc1Br. The number of halogens is 1. The van der Waals surface area contributed by atoms with E-state index in [4.69, 9.17) is 9.47 Å². The second kappa shape index (κ2) is 5.73. The number of ketones is 1. The summed E-state index contributed by atoms with van der Waals surface area (Å²) in [6, 6.07) is 3.23. The molecule has 0 saturated carbocycles. The lowest BCUT2D eigenvalue weighted by Crippen LogP contribution is -2.17. The first-order valence-corrected chi connectivity index (χ1v) is 8.65. The molecule has 1 aliphatic rings. The lowest BCUT2D eigenvalue weighted by atomic mass is 9.96. The second-order valence-corrected chi connectivity index (χ2v) is 7.73. The summed E-state index contributed by atoms with van der Waals surface area (Å²) in [6.45, 7) is 0. The predicted octanol–water partition coefficient (Wildman–Crippen LogP) is 2.08. The van der Waals surface area contributed by atoms with Crippen molar-refractivity contribution < 1.29 is 22.7 Å². The van der Waals surface area contributed by atoms with E-state index in [2.05, 4.69) is 15.9 Å². The van der Waals surface area contributed by atoms with E-state index in [0.29, 0.717) is 28.0 Å². The first-order chi connectivity index (χ1) is 9.38. The molecule has 1 aromatic rings. The van der Waals surface area contributed by atoms with Crippen LogP contribution in [0.1, 0.15) is 16.8 Å². The second-order valence-electron chi connectivity index (χ2n) is 4.65. The highest BCUT2D eigenvalue weighted by molar-refractivity contribution is 9.10. The maximum absolute atomic E-state index is 12.5. The van der Waals surface area contributed by atoms with Crippen LogP contribution in [0.15, 0.2) is 16.6 Å². The molecule has 7 heteroatoms. The highest BCUT2D eigenvalue weighted by Crippen LogP contribution is 2.35. The van der Waals surface area contributed by atoms with E-state index in [0.717, 1.165) is 0 Å². The normalized spacial score (nSPS) is 20.6. The van der Waals surface area contributed by atoms with E-state index >= 15 is 0 Å². The largest absolute Gasteiger partial charge is 0.496 e. The fourth-order valence-corrected chi connectivity index (χ4v) is 4.50. The Bertz CT molecular complexity index is 638. The van der Waals surface area contributed by atoms with Gasteiger partial charge < -0.3 is 9.47 Å². The van der Waals surface area contributed by atoms with Crippen LogP contribution in [0, 0.1) is 5.92 Å². The van der Waals surface area contributed by atoms with E-state index in [9.17, 15) is 13.2 Å². The number of sulfone groups is 1. The molecule has 1 fully saturated rings. The summed E-state index contributed by atoms with van der Waals surface area (Å²) in [5.74, 6) is 0.183. The summed E-state index contributed by atoms with van der Waals surface area (Å²) >= 11 is 3.32. The van der Waals surface area contributed by atoms with Crippen molar-refractivity contribution in [2.75, 3.05) is 25.7 Å². The number of hydrogen-bond acceptors (Lipinski definition) is 5. The first kappa shape index (κ1) is 15.3. The summed E-state index contributed by atoms with van der Waals surface area (Å²) in [5.41, 5.74) is 0.356. The number of ether oxygens (including phenoxy) is 2. The van der Waals surface area contributed by atoms with Crippen LogP contribution in [0.4, 0.5) is 0 Å². The van der Waals surface area contributed by atoms with Gasteiger partial charge in [-0.2, -0.15) is 0 Å². The van der Waals surface area contributed by atoms with Crippen LogP contribution in [-0.4, -0.2) is 39.9 Å². The van der Waals surface area contributed by atoms with E-state index in [-0.39, 0.29) is 17.3 Å². The molecule has 1 heterocycles. The maximum atomic E-state index is 12.5. The van der Waals surface area contributed by atoms with Crippen LogP contribution in [0.25, 0.3) is 0 Å². The molecule has 20 heavy (non-hydrogen) atoms. The van der Waals surface area contributed by atoms with Gasteiger partial charge >= 0.3 is 0 Å². The van der Waals surface area contributed by atoms with Gasteiger partial charge in [0.25, 0.3) is 0 Å². The van der Waals surface area contributed by atoms with Gasteiger partial charge in [0.1, 0.15) is 11.5 Å². The smallest absolute Gasteiger partial charge is 0.170 e. The van der Waals surface area contributed by atoms with Crippen molar-refractivity contribution in [3.63, 3.8) is 0 Å². The van der Waals surface area contributed by atoms with E-state index in [1.54, 1.807) is 12.1 Å². The molecule has 1 aliphatic heterocycles. The van der Waals surface area contributed by atoms with Gasteiger partial charge in [0.2, 0.25) is 0 Å². The fourth-order valence-electron chi connectivity index (χ4n) is 2.27. The minimum atomic E-state index is -3.09. The zero-order chi connectivity index (χ0) is 14.9. The van der Waals surface area contributed by atoms with Crippen molar-refractivity contribution in [2.24, 2.45) is 5.92 Å². The van der Waals surface area contributed by atoms with Crippen LogP contribution >= 0.6 is 15.9 Å². The van der Waals surface area contributed by atoms with Gasteiger partial charge in [-0.15, -0.1) is 0 Å². The number of hydrogen-bond donors (Lipinski definition) is 0. The standard InChI is InChI=1S/C13H15BrO5S/c1-18-11-6-10(14)12(19-2)5-9(11)13(15)8-3-4-20(16,17)7-8/h5-6,8H,3-4,7H2,1-2H3. The van der Waals surface area contributed by atoms with E-state index < -0.39 is 15.8 Å². The minimum Gasteiger partial charge on any atom is -0.496 e. The van der Waals surface area contributed by atoms with Gasteiger partial charge in [-0.25, -0.2) is 8.42 Å². The van der Waals surface area contributed by atoms with Crippen LogP contribution < -0.4 is 9.47 Å². The van der Waals surface area contributed by atoms with Gasteiger partial charge in [0.15, 0.2) is 15.6 Å². The van der Waals surface area contributed by atoms with Crippen molar-refractivity contribution in [1.82, 2.24) is 0 Å². The van der Waals surface area contributed by atoms with Crippen LogP contribution in [0.3, 0.4) is 0 Å². The Labute approximate surface area is 126 Å². The highest BCUT2D eigenvalue weighted by atomic mass is 79.9. The minimum absolute atomic E-state index is 0.0688. The molecule has 0 radical (unpaired) electrons. The Kier molecular flexibility index (Phi) is 4.39. The molecule has 1 saturated heterocycles. The summed E-state index contributed by atoms with van der Waals surface area (Å²) in [5, 5.41) is 0. The Morgan fingerprint density at radius 2 is 1.90 bits per heavy atom. The number of Topliss-reactive ketones (excluding diaryl/α,β-unsaturated/α-hetero) is 1. The monoisotopic (exact) mass is 362 g/mol. The first-order valence-electron chi connectivity index (χ1n) is 6.04. The van der Waals surface area contributed by atoms with E-state index in [1.807, 2.05) is 0 Å². The third kappa shape index (κ3) is 2.98. The molecule has 0 bridgehead atoms. The lowest BCUT2D eigenvalue weighted by molar-refractivity contribution is 0.0930. The summed E-state index contributed by atoms with van der Waals surface area (Å²) in [6.07, 6.45) is 0.364. The van der Waals surface area contributed by atoms with Crippen LogP contribution in [0.2, 0.25) is 0 Å². The van der Waals surface area contributed by atoms with Gasteiger partial charge in [-0.3, -0.25) is 4.79 Å².